The Morgan fingerprint density at radius 3 is 1.70 bits per heavy atom. The lowest BCUT2D eigenvalue weighted by atomic mass is 9.82. The van der Waals surface area contributed by atoms with E-state index in [0.29, 0.717) is 11.7 Å². The first-order chi connectivity index (χ1) is 28.0. The third kappa shape index (κ3) is 6.45. The monoisotopic (exact) mass is 731 g/mol. The topological polar surface area (TPSA) is 51.7 Å². The third-order valence-corrected chi connectivity index (χ3v) is 11.4. The van der Waals surface area contributed by atoms with Crippen molar-refractivity contribution in [3.05, 3.63) is 228 Å². The van der Waals surface area contributed by atoms with E-state index in [1.807, 2.05) is 36.5 Å². The lowest BCUT2D eigenvalue weighted by molar-refractivity contribution is 0.660. The number of aliphatic imine (C=N–C) groups is 2. The van der Waals surface area contributed by atoms with Crippen molar-refractivity contribution in [3.63, 3.8) is 0 Å². The Hall–Kier alpha value is -7.17. The lowest BCUT2D eigenvalue weighted by Gasteiger charge is -2.32. The Balaban J connectivity index is 1.12. The van der Waals surface area contributed by atoms with E-state index >= 15 is 0 Å². The number of aromatic nitrogens is 1. The van der Waals surface area contributed by atoms with Crippen LogP contribution in [0.2, 0.25) is 0 Å². The summed E-state index contributed by atoms with van der Waals surface area (Å²) in [4.78, 5) is 14.8. The Morgan fingerprint density at radius 1 is 0.439 bits per heavy atom. The Morgan fingerprint density at radius 2 is 0.982 bits per heavy atom. The Labute approximate surface area is 334 Å². The molecule has 2 heterocycles. The number of nitrogens with zero attached hydrogens (tertiary/aromatic N) is 4. The van der Waals surface area contributed by atoms with Crippen LogP contribution in [-0.2, 0) is 5.41 Å². The van der Waals surface area contributed by atoms with Gasteiger partial charge in [0.1, 0.15) is 0 Å². The van der Waals surface area contributed by atoms with E-state index in [1.54, 1.807) is 6.20 Å². The predicted octanol–water partition coefficient (Wildman–Crippen LogP) is 13.3. The summed E-state index contributed by atoms with van der Waals surface area (Å²) in [5.41, 5.74) is 17.2. The first kappa shape index (κ1) is 34.3. The molecule has 0 saturated carbocycles. The fraction of sp³-hybridized carbons (Fsp3) is 0.0755. The van der Waals surface area contributed by atoms with Gasteiger partial charge in [-0.25, -0.2) is 0 Å². The first-order valence-corrected chi connectivity index (χ1v) is 19.5. The molecule has 0 radical (unpaired) electrons. The average molecular weight is 732 g/mol. The molecule has 2 aliphatic rings. The highest BCUT2D eigenvalue weighted by atomic mass is 15.2. The summed E-state index contributed by atoms with van der Waals surface area (Å²) in [5, 5.41) is 5.13. The van der Waals surface area contributed by atoms with Gasteiger partial charge in [0.2, 0.25) is 0 Å². The molecule has 4 heteroatoms. The van der Waals surface area contributed by atoms with Crippen LogP contribution in [0.4, 0.5) is 0 Å². The molecule has 8 aromatic rings. The molecule has 4 nitrogen and oxygen atoms in total. The molecule has 0 N–H and O–H groups in total. The number of pyridine rings is 1. The molecular formula is C53H39N4-. The highest BCUT2D eigenvalue weighted by Crippen LogP contribution is 2.49. The normalized spacial score (nSPS) is 15.2. The molecule has 0 spiro atoms. The summed E-state index contributed by atoms with van der Waals surface area (Å²) in [5.74, 6) is 1.32. The number of amidine groups is 2. The van der Waals surface area contributed by atoms with E-state index in [-0.39, 0.29) is 5.41 Å². The van der Waals surface area contributed by atoms with Gasteiger partial charge in [-0.2, -0.15) is 0 Å². The number of rotatable bonds is 7. The molecule has 0 bridgehead atoms. The summed E-state index contributed by atoms with van der Waals surface area (Å²) in [6.45, 7) is 4.65. The van der Waals surface area contributed by atoms with Gasteiger partial charge in [-0.05, 0) is 114 Å². The van der Waals surface area contributed by atoms with E-state index in [9.17, 15) is 0 Å². The van der Waals surface area contributed by atoms with Crippen molar-refractivity contribution in [3.8, 4) is 55.6 Å². The molecule has 0 fully saturated rings. The molecule has 0 saturated heterocycles. The van der Waals surface area contributed by atoms with E-state index in [2.05, 4.69) is 170 Å². The second kappa shape index (κ2) is 14.2. The van der Waals surface area contributed by atoms with Crippen molar-refractivity contribution in [1.29, 1.82) is 0 Å². The number of hydrogen-bond donors (Lipinski definition) is 0. The highest BCUT2D eigenvalue weighted by Gasteiger charge is 2.35. The minimum atomic E-state index is -0.438. The molecule has 1 atom stereocenters. The summed E-state index contributed by atoms with van der Waals surface area (Å²) in [7, 11) is 0. The van der Waals surface area contributed by atoms with Crippen LogP contribution in [0.3, 0.4) is 0 Å². The fourth-order valence-corrected chi connectivity index (χ4v) is 8.29. The maximum Gasteiger partial charge on any atom is 0.0822 e. The van der Waals surface area contributed by atoms with Gasteiger partial charge in [-0.1, -0.05) is 171 Å². The van der Waals surface area contributed by atoms with Gasteiger partial charge < -0.3 is 10.3 Å². The van der Waals surface area contributed by atoms with Gasteiger partial charge in [0.15, 0.2) is 0 Å². The maximum absolute atomic E-state index is 5.25. The molecule has 10 rings (SSSR count). The van der Waals surface area contributed by atoms with Crippen molar-refractivity contribution in [2.45, 2.75) is 25.4 Å². The second-order valence-corrected chi connectivity index (χ2v) is 15.3. The summed E-state index contributed by atoms with van der Waals surface area (Å²) < 4.78 is 0. The predicted molar refractivity (Wildman–Crippen MR) is 236 cm³/mol. The van der Waals surface area contributed by atoms with Gasteiger partial charge >= 0.3 is 0 Å². The van der Waals surface area contributed by atoms with Crippen LogP contribution in [-0.4, -0.2) is 16.7 Å². The molecule has 57 heavy (non-hydrogen) atoms. The molecule has 1 aliphatic carbocycles. The van der Waals surface area contributed by atoms with Crippen molar-refractivity contribution >= 4 is 11.7 Å². The SMILES string of the molecule is CC1(C)c2ccccc2-c2cc(-c3cc(C4=NC(c5ccccc5)[N-]C(c5ccc(-c6ccccc6)cc5)=N4)cc(-c4ccc(-c5cccnc5)cc4)c3)ccc21. The van der Waals surface area contributed by atoms with E-state index in [0.717, 1.165) is 55.6 Å². The van der Waals surface area contributed by atoms with Crippen LogP contribution < -0.4 is 0 Å². The van der Waals surface area contributed by atoms with Gasteiger partial charge in [-0.15, -0.1) is 0 Å². The minimum absolute atomic E-state index is 0.0648. The molecule has 7 aromatic carbocycles. The van der Waals surface area contributed by atoms with Gasteiger partial charge in [-0.3, -0.25) is 9.98 Å². The largest absolute Gasteiger partial charge is 0.438 e. The van der Waals surface area contributed by atoms with Crippen LogP contribution in [0.25, 0.3) is 61.0 Å². The molecule has 1 unspecified atom stereocenters. The second-order valence-electron chi connectivity index (χ2n) is 15.3. The number of hydrogen-bond acceptors (Lipinski definition) is 3. The maximum atomic E-state index is 5.25. The number of fused-ring (bicyclic) bond motifs is 3. The van der Waals surface area contributed by atoms with Crippen molar-refractivity contribution < 1.29 is 0 Å². The van der Waals surface area contributed by atoms with Crippen LogP contribution in [0.15, 0.2) is 204 Å². The first-order valence-electron chi connectivity index (χ1n) is 19.5. The van der Waals surface area contributed by atoms with Gasteiger partial charge in [0.25, 0.3) is 0 Å². The average Bonchev–Trinajstić information content (AvgIpc) is 3.52. The standard InChI is InChI=1S/C53H39N4/c1-53(2)48-18-10-9-17-46(48)47-33-41(27-28-49(47)53)44-30-43(38-21-19-37(20-22-38)42-16-11-29-54-34-42)31-45(32-44)52-56-50(39-14-7-4-8-15-39)55-51(57-52)40-25-23-36(24-26-40)35-12-5-3-6-13-35/h3-34,50H,1-2H3/q-1. The Kier molecular flexibility index (Phi) is 8.53. The fourth-order valence-electron chi connectivity index (χ4n) is 8.29. The van der Waals surface area contributed by atoms with Crippen molar-refractivity contribution in [1.82, 2.24) is 4.98 Å². The zero-order chi connectivity index (χ0) is 38.3. The van der Waals surface area contributed by atoms with Gasteiger partial charge in [0.05, 0.1) is 12.0 Å². The van der Waals surface area contributed by atoms with Crippen molar-refractivity contribution in [2.75, 3.05) is 0 Å². The van der Waals surface area contributed by atoms with Crippen LogP contribution >= 0.6 is 0 Å². The van der Waals surface area contributed by atoms with E-state index < -0.39 is 6.17 Å². The van der Waals surface area contributed by atoms with Crippen LogP contribution in [0.1, 0.15) is 47.8 Å². The molecular weight excluding hydrogens is 693 g/mol. The van der Waals surface area contributed by atoms with Gasteiger partial charge in [0, 0.05) is 17.8 Å². The van der Waals surface area contributed by atoms with Crippen LogP contribution in [0, 0.1) is 0 Å². The lowest BCUT2D eigenvalue weighted by Crippen LogP contribution is -2.16. The zero-order valence-corrected chi connectivity index (χ0v) is 31.8. The molecule has 0 amide bonds. The summed E-state index contributed by atoms with van der Waals surface area (Å²) in [6, 6.07) is 64.6. The van der Waals surface area contributed by atoms with Crippen LogP contribution in [0.5, 0.6) is 0 Å². The number of benzene rings is 7. The quantitative estimate of drug-likeness (QED) is 0.161. The third-order valence-electron chi connectivity index (χ3n) is 11.4. The smallest absolute Gasteiger partial charge is 0.0822 e. The molecule has 1 aromatic heterocycles. The summed E-state index contributed by atoms with van der Waals surface area (Å²) >= 11 is 0. The molecule has 1 aliphatic heterocycles. The summed E-state index contributed by atoms with van der Waals surface area (Å²) in [6.07, 6.45) is 3.27. The van der Waals surface area contributed by atoms with E-state index in [4.69, 9.17) is 15.3 Å². The van der Waals surface area contributed by atoms with E-state index in [1.165, 1.54) is 27.8 Å². The Bertz CT molecular complexity index is 2800. The minimum Gasteiger partial charge on any atom is -0.438 e. The highest BCUT2D eigenvalue weighted by molar-refractivity contribution is 6.19. The zero-order valence-electron chi connectivity index (χ0n) is 31.8. The van der Waals surface area contributed by atoms with Crippen molar-refractivity contribution in [2.24, 2.45) is 9.98 Å². The molecule has 272 valence electrons.